The fraction of sp³-hybridized carbons (Fsp3) is 0.200. The van der Waals surface area contributed by atoms with Crippen LogP contribution >= 0.6 is 0 Å². The van der Waals surface area contributed by atoms with E-state index in [0.29, 0.717) is 12.8 Å². The summed E-state index contributed by atoms with van der Waals surface area (Å²) in [5.74, 6) is 0.0424. The Labute approximate surface area is 110 Å². The normalized spacial score (nSPS) is 11.0. The monoisotopic (exact) mass is 253 g/mol. The van der Waals surface area contributed by atoms with Crippen LogP contribution in [0.4, 0.5) is 0 Å². The molecule has 0 fully saturated rings. The van der Waals surface area contributed by atoms with Crippen molar-refractivity contribution >= 4 is 27.7 Å². The molecule has 4 heteroatoms. The van der Waals surface area contributed by atoms with Gasteiger partial charge in [0.25, 0.3) is 0 Å². The number of carbonyl (C=O) groups is 1. The van der Waals surface area contributed by atoms with Gasteiger partial charge in [0.2, 0.25) is 5.91 Å². The molecule has 2 heterocycles. The van der Waals surface area contributed by atoms with Crippen molar-refractivity contribution < 1.29 is 4.79 Å². The van der Waals surface area contributed by atoms with Crippen molar-refractivity contribution in [2.24, 2.45) is 0 Å². The molecule has 0 saturated carbocycles. The Kier molecular flexibility index (Phi) is 2.91. The molecule has 4 nitrogen and oxygen atoms in total. The number of H-pyrrole nitrogens is 1. The molecule has 0 atom stereocenters. The highest BCUT2D eigenvalue weighted by molar-refractivity contribution is 6.06. The van der Waals surface area contributed by atoms with Crippen LogP contribution < -0.4 is 5.32 Å². The summed E-state index contributed by atoms with van der Waals surface area (Å²) in [6.07, 6.45) is 2.97. The number of pyridine rings is 1. The summed E-state index contributed by atoms with van der Waals surface area (Å²) >= 11 is 0. The minimum Gasteiger partial charge on any atom is -0.359 e. The van der Waals surface area contributed by atoms with Crippen molar-refractivity contribution in [1.29, 1.82) is 0 Å². The van der Waals surface area contributed by atoms with Crippen LogP contribution in [-0.4, -0.2) is 22.9 Å². The van der Waals surface area contributed by atoms with E-state index in [1.54, 1.807) is 7.05 Å². The lowest BCUT2D eigenvalue weighted by Crippen LogP contribution is -2.18. The van der Waals surface area contributed by atoms with Gasteiger partial charge in [0, 0.05) is 35.5 Å². The van der Waals surface area contributed by atoms with Crippen molar-refractivity contribution in [1.82, 2.24) is 15.3 Å². The fourth-order valence-corrected chi connectivity index (χ4v) is 2.30. The van der Waals surface area contributed by atoms with Gasteiger partial charge in [-0.3, -0.25) is 9.78 Å². The minimum absolute atomic E-state index is 0.0424. The second kappa shape index (κ2) is 4.72. The van der Waals surface area contributed by atoms with Gasteiger partial charge < -0.3 is 10.3 Å². The topological polar surface area (TPSA) is 57.8 Å². The number of aromatic amines is 1. The Morgan fingerprint density at radius 1 is 1.26 bits per heavy atom. The van der Waals surface area contributed by atoms with Crippen molar-refractivity contribution in [3.63, 3.8) is 0 Å². The van der Waals surface area contributed by atoms with Gasteiger partial charge in [-0.05, 0) is 18.6 Å². The maximum Gasteiger partial charge on any atom is 0.220 e. The number of benzene rings is 1. The van der Waals surface area contributed by atoms with Gasteiger partial charge in [0.05, 0.1) is 11.7 Å². The highest BCUT2D eigenvalue weighted by Gasteiger charge is 2.06. The summed E-state index contributed by atoms with van der Waals surface area (Å²) in [5.41, 5.74) is 3.09. The Balaban J connectivity index is 1.99. The Morgan fingerprint density at radius 2 is 2.11 bits per heavy atom. The van der Waals surface area contributed by atoms with Crippen LogP contribution in [0.5, 0.6) is 0 Å². The number of nitrogens with zero attached hydrogens (tertiary/aromatic N) is 1. The summed E-state index contributed by atoms with van der Waals surface area (Å²) < 4.78 is 0. The van der Waals surface area contributed by atoms with Crippen LogP contribution in [0.25, 0.3) is 21.8 Å². The van der Waals surface area contributed by atoms with Gasteiger partial charge in [-0.15, -0.1) is 0 Å². The number of rotatable bonds is 3. The molecule has 19 heavy (non-hydrogen) atoms. The maximum atomic E-state index is 11.3. The van der Waals surface area contributed by atoms with Crippen molar-refractivity contribution in [3.05, 3.63) is 42.2 Å². The van der Waals surface area contributed by atoms with Crippen LogP contribution in [0, 0.1) is 0 Å². The zero-order valence-corrected chi connectivity index (χ0v) is 10.7. The molecule has 2 aromatic heterocycles. The van der Waals surface area contributed by atoms with Crippen LogP contribution in [0.1, 0.15) is 12.1 Å². The molecule has 96 valence electrons. The summed E-state index contributed by atoms with van der Waals surface area (Å²) in [6.45, 7) is 0. The maximum absolute atomic E-state index is 11.3. The second-order valence-corrected chi connectivity index (χ2v) is 4.56. The van der Waals surface area contributed by atoms with E-state index >= 15 is 0 Å². The predicted octanol–water partition coefficient (Wildman–Crippen LogP) is 2.39. The first-order chi connectivity index (χ1) is 9.28. The van der Waals surface area contributed by atoms with E-state index in [9.17, 15) is 4.79 Å². The quantitative estimate of drug-likeness (QED) is 0.753. The number of para-hydroxylation sites is 1. The first-order valence-corrected chi connectivity index (χ1v) is 6.34. The lowest BCUT2D eigenvalue weighted by molar-refractivity contribution is -0.120. The Hall–Kier alpha value is -2.36. The van der Waals surface area contributed by atoms with E-state index in [0.717, 1.165) is 22.1 Å². The van der Waals surface area contributed by atoms with Gasteiger partial charge in [-0.1, -0.05) is 18.2 Å². The summed E-state index contributed by atoms with van der Waals surface area (Å²) in [6, 6.07) is 10.3. The molecule has 0 spiro atoms. The molecular weight excluding hydrogens is 238 g/mol. The second-order valence-electron chi connectivity index (χ2n) is 4.56. The Morgan fingerprint density at radius 3 is 2.95 bits per heavy atom. The third-order valence-corrected chi connectivity index (χ3v) is 3.33. The summed E-state index contributed by atoms with van der Waals surface area (Å²) in [7, 11) is 1.65. The average Bonchev–Trinajstić information content (AvgIpc) is 2.82. The molecule has 2 N–H and O–H groups in total. The lowest BCUT2D eigenvalue weighted by Gasteiger charge is -2.00. The highest BCUT2D eigenvalue weighted by Crippen LogP contribution is 2.25. The summed E-state index contributed by atoms with van der Waals surface area (Å²) in [5, 5.41) is 4.98. The fourth-order valence-electron chi connectivity index (χ4n) is 2.30. The first-order valence-electron chi connectivity index (χ1n) is 6.34. The van der Waals surface area contributed by atoms with E-state index in [1.807, 2.05) is 18.3 Å². The van der Waals surface area contributed by atoms with E-state index in [1.165, 1.54) is 5.39 Å². The molecule has 0 aliphatic heterocycles. The molecule has 3 aromatic rings. The van der Waals surface area contributed by atoms with Crippen molar-refractivity contribution in [3.8, 4) is 0 Å². The summed E-state index contributed by atoms with van der Waals surface area (Å²) in [4.78, 5) is 19.0. The van der Waals surface area contributed by atoms with Gasteiger partial charge in [-0.25, -0.2) is 0 Å². The largest absolute Gasteiger partial charge is 0.359 e. The van der Waals surface area contributed by atoms with Gasteiger partial charge in [-0.2, -0.15) is 0 Å². The third-order valence-electron chi connectivity index (χ3n) is 3.33. The number of amides is 1. The van der Waals surface area contributed by atoms with E-state index in [-0.39, 0.29) is 5.91 Å². The molecule has 3 rings (SSSR count). The number of hydrogen-bond donors (Lipinski definition) is 2. The van der Waals surface area contributed by atoms with Crippen LogP contribution in [0.2, 0.25) is 0 Å². The molecule has 0 bridgehead atoms. The minimum atomic E-state index is 0.0424. The number of aryl methyl sites for hydroxylation is 1. The number of fused-ring (bicyclic) bond motifs is 3. The molecule has 0 aliphatic carbocycles. The van der Waals surface area contributed by atoms with Crippen LogP contribution in [-0.2, 0) is 11.2 Å². The van der Waals surface area contributed by atoms with Gasteiger partial charge >= 0.3 is 0 Å². The van der Waals surface area contributed by atoms with Gasteiger partial charge in [0.15, 0.2) is 0 Å². The van der Waals surface area contributed by atoms with E-state index in [2.05, 4.69) is 33.5 Å². The molecule has 0 aliphatic rings. The third kappa shape index (κ3) is 2.17. The number of nitrogens with one attached hydrogen (secondary N) is 2. The predicted molar refractivity (Wildman–Crippen MR) is 76.0 cm³/mol. The van der Waals surface area contributed by atoms with Gasteiger partial charge in [0.1, 0.15) is 0 Å². The SMILES string of the molecule is CNC(=O)CCc1cc2c(cn1)[nH]c1ccccc12. The molecule has 1 amide bonds. The van der Waals surface area contributed by atoms with Crippen molar-refractivity contribution in [2.75, 3.05) is 7.05 Å². The Bertz CT molecular complexity index is 745. The van der Waals surface area contributed by atoms with E-state index in [4.69, 9.17) is 0 Å². The smallest absolute Gasteiger partial charge is 0.220 e. The lowest BCUT2D eigenvalue weighted by atomic mass is 10.1. The standard InChI is InChI=1S/C15H15N3O/c1-16-15(19)7-6-10-8-12-11-4-2-3-5-13(11)18-14(12)9-17-10/h2-5,8-9,18H,6-7H2,1H3,(H,16,19). The zero-order chi connectivity index (χ0) is 13.2. The molecule has 1 aromatic carbocycles. The van der Waals surface area contributed by atoms with Crippen LogP contribution in [0.3, 0.4) is 0 Å². The number of aromatic nitrogens is 2. The number of carbonyl (C=O) groups excluding carboxylic acids is 1. The molecule has 0 unspecified atom stereocenters. The average molecular weight is 253 g/mol. The molecule has 0 saturated heterocycles. The molecular formula is C15H15N3O. The highest BCUT2D eigenvalue weighted by atomic mass is 16.1. The first kappa shape index (κ1) is 11.7. The zero-order valence-electron chi connectivity index (χ0n) is 10.7. The molecule has 0 radical (unpaired) electrons. The van der Waals surface area contributed by atoms with Crippen LogP contribution in [0.15, 0.2) is 36.5 Å². The van der Waals surface area contributed by atoms with E-state index < -0.39 is 0 Å². The van der Waals surface area contributed by atoms with Crippen molar-refractivity contribution in [2.45, 2.75) is 12.8 Å². The number of hydrogen-bond acceptors (Lipinski definition) is 2.